The molecule has 1 aromatic heterocycles. The van der Waals surface area contributed by atoms with Crippen molar-refractivity contribution in [1.29, 1.82) is 0 Å². The highest BCUT2D eigenvalue weighted by Gasteiger charge is 2.28. The maximum absolute atomic E-state index is 11.8. The van der Waals surface area contributed by atoms with Gasteiger partial charge >= 0.3 is 0 Å². The second kappa shape index (κ2) is 6.37. The summed E-state index contributed by atoms with van der Waals surface area (Å²) in [5.74, 6) is -0.121. The third-order valence-corrected chi connectivity index (χ3v) is 5.40. The van der Waals surface area contributed by atoms with Gasteiger partial charge in [-0.1, -0.05) is 18.2 Å². The lowest BCUT2D eigenvalue weighted by atomic mass is 10.2. The maximum atomic E-state index is 11.8. The molecular weight excluding hydrogens is 314 g/mol. The average molecular weight is 331 g/mol. The number of amides is 1. The minimum Gasteiger partial charge on any atom is -0.349 e. The average Bonchev–Trinajstić information content (AvgIpc) is 3.13. The first-order chi connectivity index (χ1) is 11.0. The van der Waals surface area contributed by atoms with Crippen LogP contribution in [0, 0.1) is 0 Å². The van der Waals surface area contributed by atoms with E-state index in [1.54, 1.807) is 17.0 Å². The molecule has 1 N–H and O–H groups in total. The molecule has 0 spiro atoms. The van der Waals surface area contributed by atoms with E-state index in [1.807, 2.05) is 36.5 Å². The largest absolute Gasteiger partial charge is 0.349 e. The predicted molar refractivity (Wildman–Crippen MR) is 87.8 cm³/mol. The number of aromatic nitrogens is 2. The van der Waals surface area contributed by atoms with Gasteiger partial charge in [0.25, 0.3) is 0 Å². The third-order valence-electron chi connectivity index (χ3n) is 3.63. The Morgan fingerprint density at radius 3 is 2.78 bits per heavy atom. The summed E-state index contributed by atoms with van der Waals surface area (Å²) in [7, 11) is -2.99. The van der Waals surface area contributed by atoms with Crippen molar-refractivity contribution < 1.29 is 13.2 Å². The van der Waals surface area contributed by atoms with Crippen LogP contribution >= 0.6 is 0 Å². The zero-order chi connectivity index (χ0) is 16.3. The highest BCUT2D eigenvalue weighted by Crippen LogP contribution is 2.12. The summed E-state index contributed by atoms with van der Waals surface area (Å²) < 4.78 is 24.4. The van der Waals surface area contributed by atoms with Gasteiger partial charge in [-0.15, -0.1) is 0 Å². The summed E-state index contributed by atoms with van der Waals surface area (Å²) in [5, 5.41) is 6.95. The molecule has 0 aliphatic carbocycles. The van der Waals surface area contributed by atoms with E-state index in [0.717, 1.165) is 11.3 Å². The number of benzene rings is 1. The Labute approximate surface area is 134 Å². The first-order valence-electron chi connectivity index (χ1n) is 7.31. The molecule has 23 heavy (non-hydrogen) atoms. The van der Waals surface area contributed by atoms with Gasteiger partial charge in [0, 0.05) is 23.9 Å². The van der Waals surface area contributed by atoms with Gasteiger partial charge in [0.2, 0.25) is 5.91 Å². The topological polar surface area (TPSA) is 81.1 Å². The van der Waals surface area contributed by atoms with E-state index in [2.05, 4.69) is 10.4 Å². The van der Waals surface area contributed by atoms with E-state index in [0.29, 0.717) is 6.42 Å². The standard InChI is InChI=1S/C16H17N3O3S/c20-16(18-14-8-9-23(21,22)12-14)7-6-13-10-17-19(11-13)15-4-2-1-3-5-15/h1-7,10-11,14H,8-9,12H2,(H,18,20)/b7-6+. The molecule has 1 unspecified atom stereocenters. The zero-order valence-corrected chi connectivity index (χ0v) is 13.2. The SMILES string of the molecule is O=C(/C=C/c1cnn(-c2ccccc2)c1)NC1CCS(=O)(=O)C1. The number of sulfone groups is 1. The lowest BCUT2D eigenvalue weighted by Crippen LogP contribution is -2.34. The van der Waals surface area contributed by atoms with Gasteiger partial charge in [0.1, 0.15) is 0 Å². The van der Waals surface area contributed by atoms with Crippen molar-refractivity contribution in [2.45, 2.75) is 12.5 Å². The smallest absolute Gasteiger partial charge is 0.244 e. The minimum atomic E-state index is -2.99. The molecule has 0 radical (unpaired) electrons. The van der Waals surface area contributed by atoms with Crippen LogP contribution in [0.1, 0.15) is 12.0 Å². The molecule has 6 nitrogen and oxygen atoms in total. The molecule has 3 rings (SSSR count). The van der Waals surface area contributed by atoms with Crippen LogP contribution in [0.4, 0.5) is 0 Å². The minimum absolute atomic E-state index is 0.0263. The Morgan fingerprint density at radius 1 is 1.30 bits per heavy atom. The van der Waals surface area contributed by atoms with Crippen LogP contribution in [0.3, 0.4) is 0 Å². The van der Waals surface area contributed by atoms with E-state index < -0.39 is 9.84 Å². The number of rotatable bonds is 4. The number of carbonyl (C=O) groups excluding carboxylic acids is 1. The second-order valence-electron chi connectivity index (χ2n) is 5.50. The van der Waals surface area contributed by atoms with Gasteiger partial charge in [-0.3, -0.25) is 4.79 Å². The molecule has 1 aliphatic heterocycles. The quantitative estimate of drug-likeness (QED) is 0.853. The van der Waals surface area contributed by atoms with E-state index in [1.165, 1.54) is 6.08 Å². The van der Waals surface area contributed by atoms with E-state index in [-0.39, 0.29) is 23.5 Å². The van der Waals surface area contributed by atoms with Gasteiger partial charge < -0.3 is 5.32 Å². The van der Waals surface area contributed by atoms with Gasteiger partial charge in [-0.2, -0.15) is 5.10 Å². The number of nitrogens with one attached hydrogen (secondary N) is 1. The number of hydrogen-bond acceptors (Lipinski definition) is 4. The third kappa shape index (κ3) is 4.07. The highest BCUT2D eigenvalue weighted by atomic mass is 32.2. The number of para-hydroxylation sites is 1. The van der Waals surface area contributed by atoms with Crippen LogP contribution in [0.2, 0.25) is 0 Å². The molecule has 1 saturated heterocycles. The van der Waals surface area contributed by atoms with Gasteiger partial charge in [0.05, 0.1) is 23.4 Å². The highest BCUT2D eigenvalue weighted by molar-refractivity contribution is 7.91. The summed E-state index contributed by atoms with van der Waals surface area (Å²) >= 11 is 0. The van der Waals surface area contributed by atoms with Crippen LogP contribution < -0.4 is 5.32 Å². The van der Waals surface area contributed by atoms with Crippen molar-refractivity contribution in [3.8, 4) is 5.69 Å². The number of nitrogens with zero attached hydrogens (tertiary/aromatic N) is 2. The summed E-state index contributed by atoms with van der Waals surface area (Å²) in [6.45, 7) is 0. The fourth-order valence-electron chi connectivity index (χ4n) is 2.47. The summed E-state index contributed by atoms with van der Waals surface area (Å²) in [6, 6.07) is 9.37. The Bertz CT molecular complexity index is 825. The normalized spacial score (nSPS) is 19.9. The lowest BCUT2D eigenvalue weighted by Gasteiger charge is -2.07. The van der Waals surface area contributed by atoms with Crippen molar-refractivity contribution in [2.24, 2.45) is 0 Å². The van der Waals surface area contributed by atoms with Gasteiger partial charge in [-0.05, 0) is 24.6 Å². The van der Waals surface area contributed by atoms with Crippen LogP contribution in [0.5, 0.6) is 0 Å². The van der Waals surface area contributed by atoms with E-state index in [4.69, 9.17) is 0 Å². The van der Waals surface area contributed by atoms with Crippen LogP contribution in [-0.2, 0) is 14.6 Å². The second-order valence-corrected chi connectivity index (χ2v) is 7.72. The van der Waals surface area contributed by atoms with E-state index in [9.17, 15) is 13.2 Å². The molecule has 1 aliphatic rings. The van der Waals surface area contributed by atoms with Crippen molar-refractivity contribution in [3.05, 3.63) is 54.4 Å². The van der Waals surface area contributed by atoms with Gasteiger partial charge in [-0.25, -0.2) is 13.1 Å². The van der Waals surface area contributed by atoms with Crippen molar-refractivity contribution in [3.63, 3.8) is 0 Å². The first kappa shape index (κ1) is 15.5. The monoisotopic (exact) mass is 331 g/mol. The molecule has 7 heteroatoms. The van der Waals surface area contributed by atoms with Gasteiger partial charge in [0.15, 0.2) is 9.84 Å². The lowest BCUT2D eigenvalue weighted by molar-refractivity contribution is -0.116. The molecule has 1 atom stereocenters. The fraction of sp³-hybridized carbons (Fsp3) is 0.250. The summed E-state index contributed by atoms with van der Waals surface area (Å²) in [5.41, 5.74) is 1.73. The zero-order valence-electron chi connectivity index (χ0n) is 12.4. The Kier molecular flexibility index (Phi) is 4.29. The summed E-state index contributed by atoms with van der Waals surface area (Å²) in [4.78, 5) is 11.8. The van der Waals surface area contributed by atoms with Crippen molar-refractivity contribution >= 4 is 21.8 Å². The molecule has 2 heterocycles. The van der Waals surface area contributed by atoms with Crippen molar-refractivity contribution in [1.82, 2.24) is 15.1 Å². The molecule has 1 amide bonds. The molecule has 0 bridgehead atoms. The fourth-order valence-corrected chi connectivity index (χ4v) is 4.15. The predicted octanol–water partition coefficient (Wildman–Crippen LogP) is 1.19. The Balaban J connectivity index is 1.60. The number of carbonyl (C=O) groups is 1. The summed E-state index contributed by atoms with van der Waals surface area (Å²) in [6.07, 6.45) is 7.02. The molecule has 1 fully saturated rings. The first-order valence-corrected chi connectivity index (χ1v) is 9.13. The molecule has 120 valence electrons. The van der Waals surface area contributed by atoms with E-state index >= 15 is 0 Å². The molecule has 1 aromatic carbocycles. The number of hydrogen-bond donors (Lipinski definition) is 1. The molecule has 0 saturated carbocycles. The van der Waals surface area contributed by atoms with Crippen LogP contribution in [0.15, 0.2) is 48.8 Å². The van der Waals surface area contributed by atoms with Crippen LogP contribution in [-0.4, -0.2) is 41.7 Å². The Hall–Kier alpha value is -2.41. The Morgan fingerprint density at radius 2 is 2.09 bits per heavy atom. The molecular formula is C16H17N3O3S. The van der Waals surface area contributed by atoms with Crippen molar-refractivity contribution in [2.75, 3.05) is 11.5 Å². The molecule has 2 aromatic rings. The maximum Gasteiger partial charge on any atom is 0.244 e. The van der Waals surface area contributed by atoms with Crippen LogP contribution in [0.25, 0.3) is 11.8 Å².